The van der Waals surface area contributed by atoms with Crippen LogP contribution in [0.1, 0.15) is 5.56 Å². The van der Waals surface area contributed by atoms with Crippen LogP contribution >= 0.6 is 0 Å². The maximum absolute atomic E-state index is 12.5. The molecule has 8 heteroatoms. The van der Waals surface area contributed by atoms with Gasteiger partial charge < -0.3 is 15.2 Å². The molecule has 1 amide bonds. The molecular weight excluding hydrogens is 291 g/mol. The minimum Gasteiger partial charge on any atom is -0.481 e. The molecule has 1 aliphatic rings. The van der Waals surface area contributed by atoms with Crippen LogP contribution in [-0.4, -0.2) is 29.4 Å². The highest BCUT2D eigenvalue weighted by Gasteiger charge is 2.68. The number of ether oxygens (including phenoxy) is 1. The Bertz CT molecular complexity index is 532. The van der Waals surface area contributed by atoms with Crippen molar-refractivity contribution in [1.82, 2.24) is 5.32 Å². The fourth-order valence-corrected chi connectivity index (χ4v) is 2.11. The van der Waals surface area contributed by atoms with Gasteiger partial charge in [0, 0.05) is 0 Å². The molecule has 114 valence electrons. The topological polar surface area (TPSA) is 75.6 Å². The van der Waals surface area contributed by atoms with E-state index in [1.807, 2.05) is 5.32 Å². The number of carboxylic acids is 1. The molecule has 0 bridgehead atoms. The Morgan fingerprint density at radius 2 is 1.86 bits per heavy atom. The first-order valence-electron chi connectivity index (χ1n) is 6.07. The van der Waals surface area contributed by atoms with E-state index in [-0.39, 0.29) is 6.61 Å². The van der Waals surface area contributed by atoms with Crippen molar-refractivity contribution >= 4 is 12.1 Å². The zero-order valence-electron chi connectivity index (χ0n) is 10.6. The molecule has 2 N–H and O–H groups in total. The highest BCUT2D eigenvalue weighted by Crippen LogP contribution is 2.50. The van der Waals surface area contributed by atoms with E-state index < -0.39 is 36.1 Å². The first-order valence-corrected chi connectivity index (χ1v) is 6.07. The number of carbonyl (C=O) groups excluding carboxylic acids is 1. The van der Waals surface area contributed by atoms with Crippen LogP contribution in [0.25, 0.3) is 0 Å². The van der Waals surface area contributed by atoms with E-state index in [4.69, 9.17) is 9.84 Å². The van der Waals surface area contributed by atoms with E-state index in [0.717, 1.165) is 0 Å². The van der Waals surface area contributed by atoms with Crippen LogP contribution in [0.2, 0.25) is 0 Å². The van der Waals surface area contributed by atoms with E-state index >= 15 is 0 Å². The van der Waals surface area contributed by atoms with Crippen molar-refractivity contribution < 1.29 is 32.6 Å². The van der Waals surface area contributed by atoms with Crippen LogP contribution in [0, 0.1) is 11.8 Å². The quantitative estimate of drug-likeness (QED) is 0.894. The maximum atomic E-state index is 12.5. The van der Waals surface area contributed by atoms with E-state index in [0.29, 0.717) is 5.56 Å². The summed E-state index contributed by atoms with van der Waals surface area (Å²) in [4.78, 5) is 22.1. The molecule has 5 nitrogen and oxygen atoms in total. The molecule has 21 heavy (non-hydrogen) atoms. The van der Waals surface area contributed by atoms with Crippen LogP contribution in [0.15, 0.2) is 30.3 Å². The smallest absolute Gasteiger partial charge is 0.407 e. The molecule has 1 aromatic rings. The average molecular weight is 303 g/mol. The lowest BCUT2D eigenvalue weighted by molar-refractivity contribution is -0.160. The van der Waals surface area contributed by atoms with Crippen LogP contribution in [0.5, 0.6) is 0 Å². The molecule has 0 saturated heterocycles. The van der Waals surface area contributed by atoms with Gasteiger partial charge in [0.15, 0.2) is 0 Å². The minimum atomic E-state index is -4.67. The van der Waals surface area contributed by atoms with Gasteiger partial charge in [0.25, 0.3) is 0 Å². The van der Waals surface area contributed by atoms with E-state index in [1.54, 1.807) is 30.3 Å². The van der Waals surface area contributed by atoms with Crippen LogP contribution in [0.4, 0.5) is 18.0 Å². The first kappa shape index (κ1) is 15.1. The summed E-state index contributed by atoms with van der Waals surface area (Å²) < 4.78 is 42.4. The van der Waals surface area contributed by atoms with Crippen LogP contribution < -0.4 is 5.32 Å². The van der Waals surface area contributed by atoms with Crippen molar-refractivity contribution in [2.75, 3.05) is 0 Å². The lowest BCUT2D eigenvalue weighted by Crippen LogP contribution is -2.30. The van der Waals surface area contributed by atoms with Crippen molar-refractivity contribution in [2.24, 2.45) is 11.8 Å². The largest absolute Gasteiger partial charge is 0.481 e. The normalized spacial score (nSPS) is 24.2. The molecule has 0 heterocycles. The van der Waals surface area contributed by atoms with Gasteiger partial charge >= 0.3 is 18.2 Å². The van der Waals surface area contributed by atoms with Gasteiger partial charge in [0.1, 0.15) is 6.61 Å². The maximum Gasteiger partial charge on any atom is 0.407 e. The van der Waals surface area contributed by atoms with Gasteiger partial charge in [0.2, 0.25) is 0 Å². The molecule has 1 saturated carbocycles. The number of nitrogens with one attached hydrogen (secondary N) is 1. The van der Waals surface area contributed by atoms with Gasteiger partial charge in [-0.25, -0.2) is 4.79 Å². The number of aliphatic carboxylic acids is 1. The lowest BCUT2D eigenvalue weighted by Gasteiger charge is -2.08. The summed E-state index contributed by atoms with van der Waals surface area (Å²) in [5, 5.41) is 10.6. The third-order valence-corrected chi connectivity index (χ3v) is 3.18. The number of carboxylic acid groups (broad SMARTS) is 1. The Hall–Kier alpha value is -2.25. The molecule has 2 rings (SSSR count). The number of halogens is 3. The zero-order chi connectivity index (χ0) is 15.6. The second-order valence-electron chi connectivity index (χ2n) is 4.66. The number of hydrogen-bond donors (Lipinski definition) is 2. The molecule has 0 spiro atoms. The van der Waals surface area contributed by atoms with Crippen LogP contribution in [-0.2, 0) is 16.1 Å². The Labute approximate surface area is 117 Å². The van der Waals surface area contributed by atoms with E-state index in [1.165, 1.54) is 0 Å². The molecule has 3 atom stereocenters. The summed E-state index contributed by atoms with van der Waals surface area (Å²) in [7, 11) is 0. The lowest BCUT2D eigenvalue weighted by atomic mass is 10.2. The number of carbonyl (C=O) groups is 2. The summed E-state index contributed by atoms with van der Waals surface area (Å²) in [5.74, 6) is -5.32. The molecule has 0 aromatic heterocycles. The molecular formula is C13H12F3NO4. The standard InChI is InChI=1S/C13H12F3NO4/c14-13(15,16)9-8(11(18)19)10(9)17-12(20)21-6-7-4-2-1-3-5-7/h1-5,8-10H,6H2,(H,17,20)(H,18,19)/t8-,9-,10-/m0/s1. The predicted octanol–water partition coefficient (Wildman–Crippen LogP) is 2.17. The minimum absolute atomic E-state index is 0.103. The van der Waals surface area contributed by atoms with E-state index in [9.17, 15) is 22.8 Å². The van der Waals surface area contributed by atoms with Gasteiger partial charge in [-0.05, 0) is 5.56 Å². The average Bonchev–Trinajstić information content (AvgIpc) is 3.12. The first-order chi connectivity index (χ1) is 9.80. The molecule has 0 aliphatic heterocycles. The highest BCUT2D eigenvalue weighted by molar-refractivity contribution is 5.78. The number of alkyl halides is 3. The zero-order valence-corrected chi connectivity index (χ0v) is 10.6. The third kappa shape index (κ3) is 3.65. The number of rotatable bonds is 4. The Morgan fingerprint density at radius 3 is 2.33 bits per heavy atom. The Balaban J connectivity index is 1.87. The molecule has 1 aliphatic carbocycles. The van der Waals surface area contributed by atoms with Crippen molar-refractivity contribution in [3.63, 3.8) is 0 Å². The summed E-state index contributed by atoms with van der Waals surface area (Å²) in [5.41, 5.74) is 0.672. The Kier molecular flexibility index (Phi) is 4.06. The predicted molar refractivity (Wildman–Crippen MR) is 64.2 cm³/mol. The Morgan fingerprint density at radius 1 is 1.24 bits per heavy atom. The molecule has 1 aromatic carbocycles. The number of hydrogen-bond acceptors (Lipinski definition) is 3. The molecule has 1 fully saturated rings. The SMILES string of the molecule is O=C(N[C@H]1[C@@H](C(=O)O)[C@@H]1C(F)(F)F)OCc1ccccc1. The van der Waals surface area contributed by atoms with Gasteiger partial charge in [-0.3, -0.25) is 4.79 Å². The monoisotopic (exact) mass is 303 g/mol. The highest BCUT2D eigenvalue weighted by atomic mass is 19.4. The fraction of sp³-hybridized carbons (Fsp3) is 0.385. The van der Waals surface area contributed by atoms with Crippen molar-refractivity contribution in [2.45, 2.75) is 18.8 Å². The van der Waals surface area contributed by atoms with Gasteiger partial charge in [-0.1, -0.05) is 30.3 Å². The second-order valence-corrected chi connectivity index (χ2v) is 4.66. The summed E-state index contributed by atoms with van der Waals surface area (Å²) >= 11 is 0. The number of amides is 1. The van der Waals surface area contributed by atoms with Crippen molar-refractivity contribution in [3.05, 3.63) is 35.9 Å². The second kappa shape index (κ2) is 5.63. The summed E-state index contributed by atoms with van der Waals surface area (Å²) in [6.07, 6.45) is -5.73. The number of benzene rings is 1. The third-order valence-electron chi connectivity index (χ3n) is 3.18. The van der Waals surface area contributed by atoms with E-state index in [2.05, 4.69) is 0 Å². The fourth-order valence-electron chi connectivity index (χ4n) is 2.11. The van der Waals surface area contributed by atoms with Crippen LogP contribution in [0.3, 0.4) is 0 Å². The summed E-state index contributed by atoms with van der Waals surface area (Å²) in [6, 6.07) is 7.09. The number of alkyl carbamates (subject to hydrolysis) is 1. The van der Waals surface area contributed by atoms with Gasteiger partial charge in [-0.2, -0.15) is 13.2 Å². The van der Waals surface area contributed by atoms with Gasteiger partial charge in [-0.15, -0.1) is 0 Å². The molecule has 0 unspecified atom stereocenters. The van der Waals surface area contributed by atoms with Gasteiger partial charge in [0.05, 0.1) is 17.9 Å². The van der Waals surface area contributed by atoms with Crippen molar-refractivity contribution in [3.8, 4) is 0 Å². The van der Waals surface area contributed by atoms with Crippen molar-refractivity contribution in [1.29, 1.82) is 0 Å². The molecule has 0 radical (unpaired) electrons. The summed E-state index contributed by atoms with van der Waals surface area (Å²) in [6.45, 7) is -0.103.